The van der Waals surface area contributed by atoms with E-state index in [0.29, 0.717) is 5.69 Å². The lowest BCUT2D eigenvalue weighted by atomic mass is 10.4. The molecule has 0 aromatic carbocycles. The van der Waals surface area contributed by atoms with Crippen LogP contribution >= 0.6 is 0 Å². The number of hydrogen-bond donors (Lipinski definition) is 1. The van der Waals surface area contributed by atoms with Crippen molar-refractivity contribution in [3.8, 4) is 0 Å². The van der Waals surface area contributed by atoms with Gasteiger partial charge in [-0.25, -0.2) is 8.42 Å². The predicted molar refractivity (Wildman–Crippen MR) is 62.6 cm³/mol. The highest BCUT2D eigenvalue weighted by Crippen LogP contribution is 2.30. The Labute approximate surface area is 95.9 Å². The first-order chi connectivity index (χ1) is 7.47. The van der Waals surface area contributed by atoms with Gasteiger partial charge in [-0.3, -0.25) is 9.40 Å². The summed E-state index contributed by atoms with van der Waals surface area (Å²) in [5.74, 6) is 0.731. The molecular formula is C10H17N3O2S. The molecule has 0 atom stereocenters. The normalized spacial score (nSPS) is 16.7. The molecule has 1 heterocycles. The smallest absolute Gasteiger partial charge is 0.235 e. The molecule has 6 heteroatoms. The van der Waals surface area contributed by atoms with Crippen LogP contribution < -0.4 is 4.72 Å². The highest BCUT2D eigenvalue weighted by Gasteiger charge is 2.22. The maximum absolute atomic E-state index is 11.6. The van der Waals surface area contributed by atoms with Crippen molar-refractivity contribution >= 4 is 15.7 Å². The summed E-state index contributed by atoms with van der Waals surface area (Å²) < 4.78 is 27.5. The number of nitrogens with zero attached hydrogens (tertiary/aromatic N) is 2. The minimum Gasteiger partial charge on any atom is -0.280 e. The van der Waals surface area contributed by atoms with Crippen LogP contribution in [0.1, 0.15) is 26.7 Å². The van der Waals surface area contributed by atoms with Crippen LogP contribution in [0.3, 0.4) is 0 Å². The standard InChI is InChI=1S/C10H17N3O2S/c1-8(2)16(14,15)12-10-5-11-13(7-10)6-9-3-4-9/h5,7-9,12H,3-4,6H2,1-2H3. The third-order valence-electron chi connectivity index (χ3n) is 2.66. The molecule has 1 N–H and O–H groups in total. The van der Waals surface area contributed by atoms with Crippen molar-refractivity contribution in [3.05, 3.63) is 12.4 Å². The lowest BCUT2D eigenvalue weighted by Gasteiger charge is -2.08. The van der Waals surface area contributed by atoms with E-state index < -0.39 is 15.3 Å². The fraction of sp³-hybridized carbons (Fsp3) is 0.700. The number of hydrogen-bond acceptors (Lipinski definition) is 3. The largest absolute Gasteiger partial charge is 0.280 e. The molecule has 0 unspecified atom stereocenters. The molecule has 0 bridgehead atoms. The van der Waals surface area contributed by atoms with Crippen LogP contribution in [0.4, 0.5) is 5.69 Å². The number of nitrogens with one attached hydrogen (secondary N) is 1. The first kappa shape index (κ1) is 11.4. The Morgan fingerprint density at radius 1 is 1.56 bits per heavy atom. The topological polar surface area (TPSA) is 64.0 Å². The van der Waals surface area contributed by atoms with Gasteiger partial charge in [0.25, 0.3) is 0 Å². The maximum Gasteiger partial charge on any atom is 0.235 e. The molecular weight excluding hydrogens is 226 g/mol. The Morgan fingerprint density at radius 2 is 2.25 bits per heavy atom. The van der Waals surface area contributed by atoms with Gasteiger partial charge in [0, 0.05) is 12.7 Å². The third-order valence-corrected chi connectivity index (χ3v) is 4.42. The summed E-state index contributed by atoms with van der Waals surface area (Å²) in [7, 11) is -3.25. The summed E-state index contributed by atoms with van der Waals surface area (Å²) >= 11 is 0. The number of aromatic nitrogens is 2. The SMILES string of the molecule is CC(C)S(=O)(=O)Nc1cnn(CC2CC2)c1. The molecule has 0 aliphatic heterocycles. The Morgan fingerprint density at radius 3 is 2.81 bits per heavy atom. The molecule has 16 heavy (non-hydrogen) atoms. The molecule has 0 spiro atoms. The molecule has 2 rings (SSSR count). The molecule has 1 saturated carbocycles. The van der Waals surface area contributed by atoms with Gasteiger partial charge in [-0.2, -0.15) is 5.10 Å². The Hall–Kier alpha value is -1.04. The zero-order chi connectivity index (χ0) is 11.8. The third kappa shape index (κ3) is 2.75. The molecule has 1 aliphatic carbocycles. The first-order valence-corrected chi connectivity index (χ1v) is 7.06. The second-order valence-electron chi connectivity index (χ2n) is 4.59. The van der Waals surface area contributed by atoms with E-state index in [2.05, 4.69) is 9.82 Å². The van der Waals surface area contributed by atoms with Crippen LogP contribution in [-0.4, -0.2) is 23.4 Å². The molecule has 1 aliphatic rings. The minimum absolute atomic E-state index is 0.431. The predicted octanol–water partition coefficient (Wildman–Crippen LogP) is 1.44. The van der Waals surface area contributed by atoms with E-state index in [1.165, 1.54) is 12.8 Å². The van der Waals surface area contributed by atoms with E-state index in [1.807, 2.05) is 0 Å². The van der Waals surface area contributed by atoms with Crippen LogP contribution in [0.5, 0.6) is 0 Å². The molecule has 1 aromatic heterocycles. The van der Waals surface area contributed by atoms with E-state index >= 15 is 0 Å². The van der Waals surface area contributed by atoms with Crippen molar-refractivity contribution in [3.63, 3.8) is 0 Å². The molecule has 0 amide bonds. The lowest BCUT2D eigenvalue weighted by molar-refractivity contribution is 0.563. The van der Waals surface area contributed by atoms with Crippen LogP contribution in [-0.2, 0) is 16.6 Å². The number of rotatable bonds is 5. The summed E-state index contributed by atoms with van der Waals surface area (Å²) in [6.07, 6.45) is 5.82. The highest BCUT2D eigenvalue weighted by atomic mass is 32.2. The average Bonchev–Trinajstić information content (AvgIpc) is 2.87. The van der Waals surface area contributed by atoms with Crippen LogP contribution in [0.15, 0.2) is 12.4 Å². The molecule has 5 nitrogen and oxygen atoms in total. The van der Waals surface area contributed by atoms with Crippen LogP contribution in [0, 0.1) is 5.92 Å². The second kappa shape index (κ2) is 4.08. The monoisotopic (exact) mass is 243 g/mol. The summed E-state index contributed by atoms with van der Waals surface area (Å²) in [4.78, 5) is 0. The average molecular weight is 243 g/mol. The summed E-state index contributed by atoms with van der Waals surface area (Å²) in [6, 6.07) is 0. The van der Waals surface area contributed by atoms with Crippen molar-refractivity contribution in [2.45, 2.75) is 38.5 Å². The van der Waals surface area contributed by atoms with Crippen molar-refractivity contribution < 1.29 is 8.42 Å². The molecule has 1 aromatic rings. The summed E-state index contributed by atoms with van der Waals surface area (Å²) in [5, 5.41) is 3.70. The fourth-order valence-electron chi connectivity index (χ4n) is 1.36. The molecule has 90 valence electrons. The van der Waals surface area contributed by atoms with Gasteiger partial charge in [0.05, 0.1) is 17.1 Å². The zero-order valence-electron chi connectivity index (χ0n) is 9.55. The van der Waals surface area contributed by atoms with E-state index in [1.54, 1.807) is 30.9 Å². The van der Waals surface area contributed by atoms with Crippen molar-refractivity contribution in [1.29, 1.82) is 0 Å². The minimum atomic E-state index is -3.25. The Balaban J connectivity index is 2.01. The fourth-order valence-corrected chi connectivity index (χ4v) is 2.03. The van der Waals surface area contributed by atoms with Gasteiger partial charge in [-0.15, -0.1) is 0 Å². The van der Waals surface area contributed by atoms with Gasteiger partial charge in [-0.1, -0.05) is 0 Å². The van der Waals surface area contributed by atoms with Crippen molar-refractivity contribution in [2.75, 3.05) is 4.72 Å². The van der Waals surface area contributed by atoms with E-state index in [0.717, 1.165) is 12.5 Å². The lowest BCUT2D eigenvalue weighted by Crippen LogP contribution is -2.22. The van der Waals surface area contributed by atoms with Gasteiger partial charge < -0.3 is 0 Å². The van der Waals surface area contributed by atoms with Crippen molar-refractivity contribution in [2.24, 2.45) is 5.92 Å². The zero-order valence-corrected chi connectivity index (χ0v) is 10.4. The van der Waals surface area contributed by atoms with Gasteiger partial charge in [0.2, 0.25) is 10.0 Å². The summed E-state index contributed by atoms with van der Waals surface area (Å²) in [6.45, 7) is 4.19. The maximum atomic E-state index is 11.6. The quantitative estimate of drug-likeness (QED) is 0.851. The summed E-state index contributed by atoms with van der Waals surface area (Å²) in [5.41, 5.74) is 0.550. The van der Waals surface area contributed by atoms with Gasteiger partial charge in [0.1, 0.15) is 0 Å². The molecule has 0 saturated heterocycles. The van der Waals surface area contributed by atoms with E-state index in [9.17, 15) is 8.42 Å². The highest BCUT2D eigenvalue weighted by molar-refractivity contribution is 7.93. The van der Waals surface area contributed by atoms with Gasteiger partial charge in [0.15, 0.2) is 0 Å². The Bertz CT molecular complexity index is 460. The van der Waals surface area contributed by atoms with E-state index in [-0.39, 0.29) is 0 Å². The van der Waals surface area contributed by atoms with Crippen LogP contribution in [0.2, 0.25) is 0 Å². The molecule has 0 radical (unpaired) electrons. The number of anilines is 1. The van der Waals surface area contributed by atoms with Gasteiger partial charge >= 0.3 is 0 Å². The Kier molecular flexibility index (Phi) is 2.92. The van der Waals surface area contributed by atoms with Crippen LogP contribution in [0.25, 0.3) is 0 Å². The van der Waals surface area contributed by atoms with Crippen molar-refractivity contribution in [1.82, 2.24) is 9.78 Å². The van der Waals surface area contributed by atoms with E-state index in [4.69, 9.17) is 0 Å². The number of sulfonamides is 1. The molecule has 1 fully saturated rings. The first-order valence-electron chi connectivity index (χ1n) is 5.51. The second-order valence-corrected chi connectivity index (χ2v) is 6.83. The van der Waals surface area contributed by atoms with Gasteiger partial charge in [-0.05, 0) is 32.6 Å².